The number of aryl methyl sites for hydroxylation is 2. The molecular weight excluding hydrogens is 564 g/mol. The average molecular weight is 589 g/mol. The van der Waals surface area contributed by atoms with Gasteiger partial charge in [-0.15, -0.1) is 8.57 Å². The summed E-state index contributed by atoms with van der Waals surface area (Å²) in [6.45, 7) is 3.78. The highest BCUT2D eigenvalue weighted by Gasteiger charge is 2.47. The zero-order valence-corrected chi connectivity index (χ0v) is 22.5. The predicted octanol–water partition coefficient (Wildman–Crippen LogP) is -1.38. The maximum absolute atomic E-state index is 12.9. The smallest absolute Gasteiger partial charge is 0.364 e. The summed E-state index contributed by atoms with van der Waals surface area (Å²) in [7, 11) is -4.96. The molecule has 2 aromatic heterocycles. The Morgan fingerprint density at radius 1 is 0.805 bits per heavy atom. The molecule has 41 heavy (non-hydrogen) atoms. The minimum atomic E-state index is -4.96. The van der Waals surface area contributed by atoms with E-state index in [0.29, 0.717) is 32.9 Å². The summed E-state index contributed by atoms with van der Waals surface area (Å²) >= 11 is 0. The van der Waals surface area contributed by atoms with Crippen LogP contribution in [0.4, 0.5) is 9.59 Å². The normalized spacial score (nSPS) is 22.0. The van der Waals surface area contributed by atoms with Crippen LogP contribution in [-0.4, -0.2) is 110 Å². The number of hydroxylamine groups is 4. The molecule has 0 aromatic carbocycles. The largest absolute Gasteiger partial charge is 0.442 e. The quantitative estimate of drug-likeness (QED) is 0.368. The zero-order valence-electron chi connectivity index (χ0n) is 21.7. The van der Waals surface area contributed by atoms with E-state index in [1.807, 2.05) is 0 Å². The molecule has 18 nitrogen and oxygen atoms in total. The minimum absolute atomic E-state index is 0.0381. The molecular formula is C22H24N10O8S. The first kappa shape index (κ1) is 26.5. The van der Waals surface area contributed by atoms with E-state index in [-0.39, 0.29) is 37.6 Å². The monoisotopic (exact) mass is 588 g/mol. The Hall–Kier alpha value is -4.75. The highest BCUT2D eigenvalue weighted by molar-refractivity contribution is 7.81. The van der Waals surface area contributed by atoms with Gasteiger partial charge in [-0.2, -0.15) is 28.7 Å². The van der Waals surface area contributed by atoms with Gasteiger partial charge in [-0.1, -0.05) is 0 Å². The molecule has 19 heteroatoms. The van der Waals surface area contributed by atoms with Gasteiger partial charge in [0, 0.05) is 24.5 Å². The first-order valence-electron chi connectivity index (χ1n) is 12.3. The molecule has 2 fully saturated rings. The van der Waals surface area contributed by atoms with Crippen molar-refractivity contribution in [3.63, 3.8) is 0 Å². The highest BCUT2D eigenvalue weighted by atomic mass is 32.3. The molecule has 0 aliphatic carbocycles. The van der Waals surface area contributed by atoms with Crippen LogP contribution in [0.3, 0.4) is 0 Å². The lowest BCUT2D eigenvalue weighted by Crippen LogP contribution is -2.40. The lowest BCUT2D eigenvalue weighted by atomic mass is 10.2. The maximum atomic E-state index is 12.9. The summed E-state index contributed by atoms with van der Waals surface area (Å²) in [5.41, 5.74) is 12.9. The molecule has 0 spiro atoms. The van der Waals surface area contributed by atoms with Crippen LogP contribution in [-0.2, 0) is 19.0 Å². The Morgan fingerprint density at radius 2 is 1.20 bits per heavy atom. The fourth-order valence-corrected chi connectivity index (χ4v) is 5.96. The second-order valence-electron chi connectivity index (χ2n) is 9.88. The van der Waals surface area contributed by atoms with Crippen molar-refractivity contribution in [2.24, 2.45) is 11.5 Å². The number of carbonyl (C=O) groups excluding carboxylic acids is 4. The number of urea groups is 2. The van der Waals surface area contributed by atoms with Crippen LogP contribution in [0.5, 0.6) is 0 Å². The van der Waals surface area contributed by atoms with E-state index in [9.17, 15) is 27.6 Å². The Kier molecular flexibility index (Phi) is 5.90. The lowest BCUT2D eigenvalue weighted by Gasteiger charge is -2.23. The molecule has 2 saturated heterocycles. The average Bonchev–Trinajstić information content (AvgIpc) is 3.61. The summed E-state index contributed by atoms with van der Waals surface area (Å²) < 4.78 is 38.8. The maximum Gasteiger partial charge on any atom is 0.442 e. The first-order valence-corrected chi connectivity index (χ1v) is 13.6. The van der Waals surface area contributed by atoms with Gasteiger partial charge in [0.15, 0.2) is 11.4 Å². The van der Waals surface area contributed by atoms with Crippen molar-refractivity contribution in [2.75, 3.05) is 26.2 Å². The number of carbonyl (C=O) groups is 4. The van der Waals surface area contributed by atoms with Crippen molar-refractivity contribution in [3.8, 4) is 0 Å². The molecule has 4 bridgehead atoms. The number of nitrogens with zero attached hydrogens (tertiary/aromatic N) is 8. The van der Waals surface area contributed by atoms with E-state index in [1.165, 1.54) is 31.3 Å². The van der Waals surface area contributed by atoms with Gasteiger partial charge in [0.05, 0.1) is 24.5 Å². The SMILES string of the molecule is Cc1cc(C(N)=O)nn1C1=CC2CN(C1)C(=O)N2OS(=O)(=O)ON1C(=O)N2CC(n3nc(C(N)=O)cc3C)=CC1C2. The fraction of sp³-hybridized carbons (Fsp3) is 0.364. The second-order valence-corrected chi connectivity index (χ2v) is 11.0. The molecule has 0 radical (unpaired) electrons. The molecule has 4 aliphatic rings. The minimum Gasteiger partial charge on any atom is -0.364 e. The lowest BCUT2D eigenvalue weighted by molar-refractivity contribution is -0.0723. The van der Waals surface area contributed by atoms with Crippen LogP contribution in [0.25, 0.3) is 11.4 Å². The molecule has 6 rings (SSSR count). The van der Waals surface area contributed by atoms with Gasteiger partial charge >= 0.3 is 22.5 Å². The van der Waals surface area contributed by atoms with Crippen molar-refractivity contribution in [1.29, 1.82) is 0 Å². The van der Waals surface area contributed by atoms with Gasteiger partial charge in [-0.05, 0) is 38.1 Å². The molecule has 6 heterocycles. The third-order valence-corrected chi connectivity index (χ3v) is 7.66. The van der Waals surface area contributed by atoms with Crippen LogP contribution < -0.4 is 11.5 Å². The molecule has 2 unspecified atom stereocenters. The number of hydrogen-bond donors (Lipinski definition) is 2. The Labute approximate surface area is 232 Å². The third-order valence-electron chi connectivity index (χ3n) is 6.98. The summed E-state index contributed by atoms with van der Waals surface area (Å²) in [6, 6.07) is -0.178. The van der Waals surface area contributed by atoms with Gasteiger partial charge < -0.3 is 21.3 Å². The molecule has 4 aliphatic heterocycles. The highest BCUT2D eigenvalue weighted by Crippen LogP contribution is 2.31. The van der Waals surface area contributed by atoms with E-state index in [1.54, 1.807) is 26.0 Å². The number of amides is 6. The Bertz CT molecular complexity index is 1570. The van der Waals surface area contributed by atoms with E-state index >= 15 is 0 Å². The van der Waals surface area contributed by atoms with Crippen molar-refractivity contribution < 1.29 is 36.2 Å². The summed E-state index contributed by atoms with van der Waals surface area (Å²) in [4.78, 5) is 51.6. The molecule has 0 saturated carbocycles. The first-order chi connectivity index (χ1) is 19.3. The number of fused-ring (bicyclic) bond motifs is 4. The molecule has 216 valence electrons. The number of hydrogen-bond acceptors (Lipinski definition) is 10. The van der Waals surface area contributed by atoms with E-state index in [0.717, 1.165) is 0 Å². The summed E-state index contributed by atoms with van der Waals surface area (Å²) in [5.74, 6) is -1.43. The van der Waals surface area contributed by atoms with Crippen molar-refractivity contribution in [2.45, 2.75) is 25.9 Å². The van der Waals surface area contributed by atoms with Crippen molar-refractivity contribution in [1.82, 2.24) is 39.5 Å². The van der Waals surface area contributed by atoms with Crippen LogP contribution in [0.2, 0.25) is 0 Å². The molecule has 4 N–H and O–H groups in total. The van der Waals surface area contributed by atoms with E-state index in [2.05, 4.69) is 10.2 Å². The van der Waals surface area contributed by atoms with Crippen LogP contribution in [0.1, 0.15) is 32.4 Å². The van der Waals surface area contributed by atoms with Gasteiger partial charge in [0.1, 0.15) is 12.1 Å². The standard InChI is InChI=1S/C22H24N10O8S/c1-11-3-17(19(23)33)25-29(11)13-5-15-9-27(7-13)21(35)31(15)39-41(37,38)40-32-16-6-14(8-28(10-16)22(32)36)30-12(2)4-18(26-30)20(24)34/h3-6,15-16H,7-10H2,1-2H3,(H2,23,33)(H2,24,34). The number of primary amides is 2. The van der Waals surface area contributed by atoms with Gasteiger partial charge in [0.25, 0.3) is 11.8 Å². The summed E-state index contributed by atoms with van der Waals surface area (Å²) in [6.07, 6.45) is 3.17. The number of rotatable bonds is 8. The van der Waals surface area contributed by atoms with E-state index in [4.69, 9.17) is 20.0 Å². The third kappa shape index (κ3) is 4.48. The van der Waals surface area contributed by atoms with Crippen LogP contribution in [0.15, 0.2) is 24.3 Å². The van der Waals surface area contributed by atoms with Gasteiger partial charge in [-0.3, -0.25) is 9.59 Å². The van der Waals surface area contributed by atoms with Crippen molar-refractivity contribution in [3.05, 3.63) is 47.1 Å². The van der Waals surface area contributed by atoms with Crippen molar-refractivity contribution >= 4 is 45.7 Å². The number of nitrogens with two attached hydrogens (primary N) is 2. The summed E-state index contributed by atoms with van der Waals surface area (Å²) in [5, 5.41) is 9.59. The zero-order chi connectivity index (χ0) is 29.4. The molecule has 2 atom stereocenters. The number of aromatic nitrogens is 4. The van der Waals surface area contributed by atoms with Crippen LogP contribution in [0, 0.1) is 13.8 Å². The Balaban J connectivity index is 1.20. The topological polar surface area (TPSA) is 222 Å². The fourth-order valence-electron chi connectivity index (χ4n) is 5.20. The predicted molar refractivity (Wildman–Crippen MR) is 136 cm³/mol. The van der Waals surface area contributed by atoms with E-state index < -0.39 is 46.4 Å². The molecule has 2 aromatic rings. The Morgan fingerprint density at radius 3 is 1.54 bits per heavy atom. The van der Waals surface area contributed by atoms with Crippen LogP contribution >= 0.6 is 0 Å². The van der Waals surface area contributed by atoms with Gasteiger partial charge in [-0.25, -0.2) is 19.0 Å². The molecule has 6 amide bonds. The second kappa shape index (κ2) is 9.14. The van der Waals surface area contributed by atoms with Gasteiger partial charge in [0.2, 0.25) is 0 Å².